The fourth-order valence-electron chi connectivity index (χ4n) is 2.67. The van der Waals surface area contributed by atoms with Crippen LogP contribution in [0.1, 0.15) is 37.7 Å². The molecule has 1 aromatic carbocycles. The molecule has 2 aromatic rings. The number of anilines is 1. The maximum absolute atomic E-state index is 12.4. The minimum atomic E-state index is -0.342. The molecule has 0 radical (unpaired) electrons. The minimum Gasteiger partial charge on any atom is -0.466 e. The van der Waals surface area contributed by atoms with E-state index in [1.807, 2.05) is 18.2 Å². The zero-order valence-corrected chi connectivity index (χ0v) is 17.1. The van der Waals surface area contributed by atoms with Crippen molar-refractivity contribution in [2.45, 2.75) is 45.2 Å². The highest BCUT2D eigenvalue weighted by molar-refractivity contribution is 7.99. The SMILES string of the molecule is CCOC(=O)Cc1nnc(SCC(=O)Nc2c(CC)cccc2CC)n1C. The first-order valence-electron chi connectivity index (χ1n) is 9.07. The Balaban J connectivity index is 1.99. The molecule has 1 N–H and O–H groups in total. The van der Waals surface area contributed by atoms with E-state index in [4.69, 9.17) is 4.74 Å². The number of aryl methyl sites for hydroxylation is 2. The Hall–Kier alpha value is -2.35. The summed E-state index contributed by atoms with van der Waals surface area (Å²) in [5.74, 6) is 0.295. The normalized spacial score (nSPS) is 10.7. The molecule has 0 atom stereocenters. The number of thioether (sulfide) groups is 1. The summed E-state index contributed by atoms with van der Waals surface area (Å²) in [4.78, 5) is 24.0. The average Bonchev–Trinajstić information content (AvgIpc) is 3.00. The first-order valence-corrected chi connectivity index (χ1v) is 10.1. The number of rotatable bonds is 9. The molecule has 7 nitrogen and oxygen atoms in total. The predicted octanol–water partition coefficient (Wildman–Crippen LogP) is 2.78. The minimum absolute atomic E-state index is 0.0633. The lowest BCUT2D eigenvalue weighted by Gasteiger charge is -2.14. The highest BCUT2D eigenvalue weighted by Crippen LogP contribution is 2.23. The van der Waals surface area contributed by atoms with Gasteiger partial charge >= 0.3 is 5.97 Å². The lowest BCUT2D eigenvalue weighted by molar-refractivity contribution is -0.142. The predicted molar refractivity (Wildman–Crippen MR) is 106 cm³/mol. The number of para-hydroxylation sites is 1. The molecule has 2 rings (SSSR count). The van der Waals surface area contributed by atoms with E-state index in [9.17, 15) is 9.59 Å². The lowest BCUT2D eigenvalue weighted by Crippen LogP contribution is -2.17. The molecule has 0 aliphatic rings. The van der Waals surface area contributed by atoms with E-state index in [1.165, 1.54) is 11.8 Å². The molecular formula is C19H26N4O3S. The van der Waals surface area contributed by atoms with Crippen LogP contribution in [0.5, 0.6) is 0 Å². The second kappa shape index (κ2) is 10.1. The second-order valence-electron chi connectivity index (χ2n) is 5.93. The number of carbonyl (C=O) groups is 2. The van der Waals surface area contributed by atoms with Crippen LogP contribution in [0, 0.1) is 0 Å². The van der Waals surface area contributed by atoms with Crippen molar-refractivity contribution >= 4 is 29.3 Å². The van der Waals surface area contributed by atoms with Crippen molar-refractivity contribution in [3.8, 4) is 0 Å². The molecule has 146 valence electrons. The first kappa shape index (κ1) is 21.0. The number of amides is 1. The number of nitrogens with zero attached hydrogens (tertiary/aromatic N) is 3. The molecule has 27 heavy (non-hydrogen) atoms. The number of hydrogen-bond donors (Lipinski definition) is 1. The van der Waals surface area contributed by atoms with Crippen molar-refractivity contribution in [1.82, 2.24) is 14.8 Å². The maximum atomic E-state index is 12.4. The third kappa shape index (κ3) is 5.56. The Morgan fingerprint density at radius 1 is 1.15 bits per heavy atom. The molecule has 1 heterocycles. The molecule has 8 heteroatoms. The molecule has 1 amide bonds. The van der Waals surface area contributed by atoms with E-state index < -0.39 is 0 Å². The topological polar surface area (TPSA) is 86.1 Å². The van der Waals surface area contributed by atoms with Crippen LogP contribution < -0.4 is 5.32 Å². The van der Waals surface area contributed by atoms with E-state index in [-0.39, 0.29) is 24.1 Å². The van der Waals surface area contributed by atoms with Crippen LogP contribution in [0.15, 0.2) is 23.4 Å². The first-order chi connectivity index (χ1) is 13.0. The number of hydrogen-bond acceptors (Lipinski definition) is 6. The summed E-state index contributed by atoms with van der Waals surface area (Å²) >= 11 is 1.29. The van der Waals surface area contributed by atoms with Crippen LogP contribution in [-0.2, 0) is 40.6 Å². The second-order valence-corrected chi connectivity index (χ2v) is 6.88. The molecule has 0 aliphatic carbocycles. The monoisotopic (exact) mass is 390 g/mol. The summed E-state index contributed by atoms with van der Waals surface area (Å²) in [6.45, 7) is 6.24. The summed E-state index contributed by atoms with van der Waals surface area (Å²) in [5.41, 5.74) is 3.17. The molecule has 0 aliphatic heterocycles. The average molecular weight is 391 g/mol. The highest BCUT2D eigenvalue weighted by Gasteiger charge is 2.16. The molecule has 1 aromatic heterocycles. The third-order valence-electron chi connectivity index (χ3n) is 4.13. The lowest BCUT2D eigenvalue weighted by atomic mass is 10.0. The van der Waals surface area contributed by atoms with Gasteiger partial charge in [-0.15, -0.1) is 10.2 Å². The van der Waals surface area contributed by atoms with E-state index in [2.05, 4.69) is 29.4 Å². The van der Waals surface area contributed by atoms with Crippen molar-refractivity contribution in [3.63, 3.8) is 0 Å². The summed E-state index contributed by atoms with van der Waals surface area (Å²) in [6, 6.07) is 6.09. The van der Waals surface area contributed by atoms with Gasteiger partial charge in [0.1, 0.15) is 12.2 Å². The Bertz CT molecular complexity index is 782. The molecule has 0 unspecified atom stereocenters. The van der Waals surface area contributed by atoms with Crippen molar-refractivity contribution in [3.05, 3.63) is 35.2 Å². The summed E-state index contributed by atoms with van der Waals surface area (Å²) in [5, 5.41) is 11.7. The highest BCUT2D eigenvalue weighted by atomic mass is 32.2. The molecule has 0 saturated heterocycles. The summed E-state index contributed by atoms with van der Waals surface area (Å²) in [7, 11) is 1.77. The number of esters is 1. The van der Waals surface area contributed by atoms with E-state index in [1.54, 1.807) is 18.5 Å². The van der Waals surface area contributed by atoms with E-state index in [0.717, 1.165) is 29.7 Å². The zero-order chi connectivity index (χ0) is 19.8. The standard InChI is InChI=1S/C19H26N4O3S/c1-5-13-9-8-10-14(6-2)18(13)20-16(24)12-27-19-22-21-15(23(19)4)11-17(25)26-7-3/h8-10H,5-7,11-12H2,1-4H3,(H,20,24). The summed E-state index contributed by atoms with van der Waals surface area (Å²) < 4.78 is 6.64. The van der Waals surface area contributed by atoms with Crippen molar-refractivity contribution in [2.24, 2.45) is 7.05 Å². The van der Waals surface area contributed by atoms with Crippen molar-refractivity contribution < 1.29 is 14.3 Å². The third-order valence-corrected chi connectivity index (χ3v) is 5.15. The van der Waals surface area contributed by atoms with Gasteiger partial charge in [0.05, 0.1) is 12.4 Å². The van der Waals surface area contributed by atoms with Gasteiger partial charge in [-0.3, -0.25) is 9.59 Å². The van der Waals surface area contributed by atoms with Gasteiger partial charge in [-0.05, 0) is 30.9 Å². The van der Waals surface area contributed by atoms with Gasteiger partial charge < -0.3 is 14.6 Å². The number of aromatic nitrogens is 3. The van der Waals surface area contributed by atoms with Gasteiger partial charge in [0.2, 0.25) is 5.91 Å². The van der Waals surface area contributed by atoms with Crippen LogP contribution in [0.2, 0.25) is 0 Å². The van der Waals surface area contributed by atoms with Crippen molar-refractivity contribution in [2.75, 3.05) is 17.7 Å². The van der Waals surface area contributed by atoms with Gasteiger partial charge in [-0.25, -0.2) is 0 Å². The number of benzene rings is 1. The largest absolute Gasteiger partial charge is 0.466 e. The van der Waals surface area contributed by atoms with Gasteiger partial charge in [-0.1, -0.05) is 43.8 Å². The number of ether oxygens (including phenoxy) is 1. The molecular weight excluding hydrogens is 364 g/mol. The Morgan fingerprint density at radius 2 is 1.81 bits per heavy atom. The number of nitrogens with one attached hydrogen (secondary N) is 1. The number of carbonyl (C=O) groups excluding carboxylic acids is 2. The molecule has 0 spiro atoms. The van der Waals surface area contributed by atoms with E-state index in [0.29, 0.717) is 17.6 Å². The van der Waals surface area contributed by atoms with Gasteiger partial charge in [0, 0.05) is 12.7 Å². The fourth-order valence-corrected chi connectivity index (χ4v) is 3.40. The van der Waals surface area contributed by atoms with Gasteiger partial charge in [-0.2, -0.15) is 0 Å². The van der Waals surface area contributed by atoms with Crippen LogP contribution in [0.4, 0.5) is 5.69 Å². The summed E-state index contributed by atoms with van der Waals surface area (Å²) in [6.07, 6.45) is 1.78. The Labute approximate surface area is 163 Å². The fraction of sp³-hybridized carbons (Fsp3) is 0.474. The Morgan fingerprint density at radius 3 is 2.41 bits per heavy atom. The molecule has 0 fully saturated rings. The zero-order valence-electron chi connectivity index (χ0n) is 16.2. The van der Waals surface area contributed by atoms with Crippen LogP contribution in [-0.4, -0.2) is 39.0 Å². The van der Waals surface area contributed by atoms with Crippen LogP contribution in [0.25, 0.3) is 0 Å². The van der Waals surface area contributed by atoms with Crippen LogP contribution >= 0.6 is 11.8 Å². The molecule has 0 bridgehead atoms. The Kier molecular flexibility index (Phi) is 7.84. The quantitative estimate of drug-likeness (QED) is 0.523. The van der Waals surface area contributed by atoms with Crippen molar-refractivity contribution in [1.29, 1.82) is 0 Å². The van der Waals surface area contributed by atoms with Gasteiger partial charge in [0.15, 0.2) is 5.16 Å². The van der Waals surface area contributed by atoms with E-state index >= 15 is 0 Å². The van der Waals surface area contributed by atoms with Crippen LogP contribution in [0.3, 0.4) is 0 Å². The maximum Gasteiger partial charge on any atom is 0.313 e. The smallest absolute Gasteiger partial charge is 0.313 e. The van der Waals surface area contributed by atoms with Gasteiger partial charge in [0.25, 0.3) is 0 Å². The molecule has 0 saturated carbocycles.